The lowest BCUT2D eigenvalue weighted by atomic mass is 10.0. The Kier molecular flexibility index (Phi) is 12.4. The molecule has 5 rings (SSSR count). The van der Waals surface area contributed by atoms with Gasteiger partial charge in [0.25, 0.3) is 10.0 Å². The highest BCUT2D eigenvalue weighted by atomic mass is 32.2. The molecule has 0 aromatic heterocycles. The number of carbonyl (C=O) groups excluding carboxylic acids is 1. The van der Waals surface area contributed by atoms with Crippen LogP contribution in [0.3, 0.4) is 0 Å². The maximum atomic E-state index is 13.5. The zero-order valence-electron chi connectivity index (χ0n) is 29.5. The van der Waals surface area contributed by atoms with Gasteiger partial charge in [0.05, 0.1) is 28.9 Å². The molecule has 0 amide bonds. The van der Waals surface area contributed by atoms with Crippen LogP contribution in [0, 0.1) is 0 Å². The number of nitrogens with one attached hydrogen (secondary N) is 2. The summed E-state index contributed by atoms with van der Waals surface area (Å²) in [5.41, 5.74) is 4.52. The Labute approximate surface area is 297 Å². The van der Waals surface area contributed by atoms with Crippen LogP contribution in [0.15, 0.2) is 95.9 Å². The fourth-order valence-electron chi connectivity index (χ4n) is 6.03. The van der Waals surface area contributed by atoms with Crippen molar-refractivity contribution in [1.29, 1.82) is 0 Å². The van der Waals surface area contributed by atoms with E-state index >= 15 is 0 Å². The van der Waals surface area contributed by atoms with Crippen LogP contribution in [0.2, 0.25) is 18.1 Å². The minimum absolute atomic E-state index is 0.0340. The van der Waals surface area contributed by atoms with E-state index in [0.29, 0.717) is 36.8 Å². The Morgan fingerprint density at radius 2 is 1.58 bits per heavy atom. The molecule has 0 radical (unpaired) electrons. The summed E-state index contributed by atoms with van der Waals surface area (Å²) >= 11 is 0. The minimum Gasteiger partial charge on any atom is -0.492 e. The molecule has 4 aromatic rings. The van der Waals surface area contributed by atoms with E-state index in [-0.39, 0.29) is 23.5 Å². The van der Waals surface area contributed by atoms with Crippen LogP contribution in [-0.2, 0) is 25.8 Å². The predicted octanol–water partition coefficient (Wildman–Crippen LogP) is 8.34. The molecule has 0 spiro atoms. The molecule has 2 N–H and O–H groups in total. The van der Waals surface area contributed by atoms with Crippen molar-refractivity contribution in [2.45, 2.75) is 76.4 Å². The highest BCUT2D eigenvalue weighted by Gasteiger charge is 2.34. The van der Waals surface area contributed by atoms with Crippen molar-refractivity contribution in [2.75, 3.05) is 24.5 Å². The second kappa shape index (κ2) is 16.7. The molecule has 0 fully saturated rings. The summed E-state index contributed by atoms with van der Waals surface area (Å²) in [5.74, 6) is 0.993. The maximum Gasteiger partial charge on any atom is 0.338 e. The average molecular weight is 717 g/mol. The third-order valence-corrected chi connectivity index (χ3v) is 15.3. The van der Waals surface area contributed by atoms with Crippen molar-refractivity contribution in [3.8, 4) is 22.6 Å². The van der Waals surface area contributed by atoms with Gasteiger partial charge >= 0.3 is 5.97 Å². The van der Waals surface area contributed by atoms with E-state index in [0.717, 1.165) is 46.1 Å². The predicted molar refractivity (Wildman–Crippen MR) is 200 cm³/mol. The Morgan fingerprint density at radius 1 is 0.900 bits per heavy atom. The van der Waals surface area contributed by atoms with Crippen LogP contribution in [0.25, 0.3) is 11.1 Å². The van der Waals surface area contributed by atoms with Crippen LogP contribution in [-0.4, -0.2) is 48.5 Å². The number of ether oxygens (including phenoxy) is 3. The van der Waals surface area contributed by atoms with Gasteiger partial charge < -0.3 is 24.0 Å². The molecular formula is C39H48N2O7SSi. The smallest absolute Gasteiger partial charge is 0.338 e. The lowest BCUT2D eigenvalue weighted by Gasteiger charge is -2.35. The average Bonchev–Trinajstić information content (AvgIpc) is 3.14. The molecule has 0 saturated carbocycles. The molecule has 0 aliphatic carbocycles. The zero-order chi connectivity index (χ0) is 35.7. The largest absolute Gasteiger partial charge is 0.492 e. The van der Waals surface area contributed by atoms with Gasteiger partial charge in [0.1, 0.15) is 24.7 Å². The second-order valence-electron chi connectivity index (χ2n) is 12.6. The van der Waals surface area contributed by atoms with Crippen molar-refractivity contribution in [3.63, 3.8) is 0 Å². The number of hydrogen-bond acceptors (Lipinski definition) is 8. The molecule has 1 aliphatic heterocycles. The first-order chi connectivity index (χ1) is 24.1. The first-order valence-electron chi connectivity index (χ1n) is 17.4. The van der Waals surface area contributed by atoms with E-state index in [4.69, 9.17) is 18.6 Å². The topological polar surface area (TPSA) is 112 Å². The molecular weight excluding hydrogens is 669 g/mol. The third kappa shape index (κ3) is 9.14. The van der Waals surface area contributed by atoms with Gasteiger partial charge in [-0.2, -0.15) is 0 Å². The van der Waals surface area contributed by atoms with E-state index in [1.807, 2.05) is 54.6 Å². The monoisotopic (exact) mass is 716 g/mol. The van der Waals surface area contributed by atoms with Crippen molar-refractivity contribution in [3.05, 3.63) is 108 Å². The molecule has 9 nitrogen and oxygen atoms in total. The summed E-state index contributed by atoms with van der Waals surface area (Å²) < 4.78 is 54.2. The summed E-state index contributed by atoms with van der Waals surface area (Å²) in [5, 5.41) is 3.59. The fourth-order valence-corrected chi connectivity index (χ4v) is 9.99. The van der Waals surface area contributed by atoms with Crippen LogP contribution in [0.5, 0.6) is 11.5 Å². The first-order valence-corrected chi connectivity index (χ1v) is 21.4. The number of carbonyl (C=O) groups is 1. The van der Waals surface area contributed by atoms with Crippen LogP contribution in [0.4, 0.5) is 5.69 Å². The second-order valence-corrected chi connectivity index (χ2v) is 19.0. The number of sulfonamides is 1. The molecule has 4 aromatic carbocycles. The Morgan fingerprint density at radius 3 is 2.24 bits per heavy atom. The van der Waals surface area contributed by atoms with E-state index in [1.54, 1.807) is 43.3 Å². The maximum absolute atomic E-state index is 13.5. The lowest BCUT2D eigenvalue weighted by Crippen LogP contribution is -2.42. The number of hydrogen-bond donors (Lipinski definition) is 2. The first kappa shape index (κ1) is 37.1. The van der Waals surface area contributed by atoms with Crippen molar-refractivity contribution >= 4 is 30.0 Å². The number of esters is 1. The summed E-state index contributed by atoms with van der Waals surface area (Å²) in [7, 11) is -5.96. The van der Waals surface area contributed by atoms with Crippen molar-refractivity contribution < 1.29 is 31.8 Å². The summed E-state index contributed by atoms with van der Waals surface area (Å²) in [6.45, 7) is 11.9. The normalized spacial score (nSPS) is 14.8. The number of rotatable bonds is 15. The van der Waals surface area contributed by atoms with Crippen LogP contribution in [0.1, 0.15) is 62.2 Å². The Hall–Kier alpha value is -4.16. The Balaban J connectivity index is 1.29. The summed E-state index contributed by atoms with van der Waals surface area (Å²) in [6, 6.07) is 30.4. The SMILES string of the molecule is CCOC(=O)c1ccc(-c2ccc(OCC(C)NCC(O[Si](CC)(CC)CC)c3ccc4cc3NS(=O)(=O)c3cccc(c3)CO4)cc2)cc1. The van der Waals surface area contributed by atoms with Crippen LogP contribution < -0.4 is 19.5 Å². The molecule has 1 aliphatic rings. The highest BCUT2D eigenvalue weighted by molar-refractivity contribution is 7.92. The molecule has 50 heavy (non-hydrogen) atoms. The van der Waals surface area contributed by atoms with Gasteiger partial charge in [0, 0.05) is 24.2 Å². The quantitative estimate of drug-likeness (QED) is 0.0933. The van der Waals surface area contributed by atoms with Gasteiger partial charge in [-0.3, -0.25) is 4.72 Å². The summed E-state index contributed by atoms with van der Waals surface area (Å²) in [6.07, 6.45) is -0.403. The molecule has 0 saturated heterocycles. The van der Waals surface area contributed by atoms with E-state index in [9.17, 15) is 13.2 Å². The van der Waals surface area contributed by atoms with Gasteiger partial charge in [-0.05, 0) is 91.1 Å². The van der Waals surface area contributed by atoms with Gasteiger partial charge in [-0.1, -0.05) is 63.2 Å². The van der Waals surface area contributed by atoms with Gasteiger partial charge in [-0.25, -0.2) is 13.2 Å². The standard InChI is InChI=1S/C39H48N2O7SSi/c1-6-45-39(42)32-15-13-30(14-16-32)31-17-19-33(20-18-31)46-26-28(5)40-25-38(48-50(7-2,8-3)9-4)36-22-21-34-24-37(36)41-49(43,44)35-12-10-11-29(23-35)27-47-34/h10-24,28,38,40-41H,6-9,25-27H2,1-5H3. The van der Waals surface area contributed by atoms with Gasteiger partial charge in [-0.15, -0.1) is 0 Å². The number of benzene rings is 4. The van der Waals surface area contributed by atoms with E-state index < -0.39 is 24.4 Å². The Bertz CT molecular complexity index is 1840. The van der Waals surface area contributed by atoms with Gasteiger partial charge in [0.15, 0.2) is 8.32 Å². The van der Waals surface area contributed by atoms with Crippen LogP contribution >= 0.6 is 0 Å². The highest BCUT2D eigenvalue weighted by Crippen LogP contribution is 2.36. The minimum atomic E-state index is -3.84. The van der Waals surface area contributed by atoms with Crippen molar-refractivity contribution in [1.82, 2.24) is 5.32 Å². The molecule has 2 unspecified atom stereocenters. The van der Waals surface area contributed by atoms with E-state index in [2.05, 4.69) is 37.7 Å². The van der Waals surface area contributed by atoms with Gasteiger partial charge in [0.2, 0.25) is 0 Å². The zero-order valence-corrected chi connectivity index (χ0v) is 31.3. The molecule has 1 heterocycles. The summed E-state index contributed by atoms with van der Waals surface area (Å²) in [4.78, 5) is 12.2. The number of anilines is 1. The molecule has 266 valence electrons. The molecule has 11 heteroatoms. The third-order valence-electron chi connectivity index (χ3n) is 9.29. The van der Waals surface area contributed by atoms with Crippen molar-refractivity contribution in [2.24, 2.45) is 0 Å². The number of fused-ring (bicyclic) bond motifs is 4. The molecule has 4 bridgehead atoms. The fraction of sp³-hybridized carbons (Fsp3) is 0.359. The molecule has 2 atom stereocenters. The lowest BCUT2D eigenvalue weighted by molar-refractivity contribution is 0.0526. The van der Waals surface area contributed by atoms with E-state index in [1.165, 1.54) is 0 Å².